The van der Waals surface area contributed by atoms with Gasteiger partial charge in [0.15, 0.2) is 0 Å². The molecule has 1 aromatic carbocycles. The van der Waals surface area contributed by atoms with Crippen LogP contribution >= 0.6 is 0 Å². The van der Waals surface area contributed by atoms with Crippen LogP contribution in [0.1, 0.15) is 52.4 Å². The zero-order chi connectivity index (χ0) is 20.7. The minimum absolute atomic E-state index is 0. The molecule has 0 N–H and O–H groups in total. The molecular formula is C28H33FO. The first-order valence-corrected chi connectivity index (χ1v) is 11.5. The number of hydrogen-bond acceptors (Lipinski definition) is 1. The summed E-state index contributed by atoms with van der Waals surface area (Å²) in [5.74, 6) is 2.72. The molecule has 0 saturated heterocycles. The highest BCUT2D eigenvalue weighted by atomic mass is 19.1. The van der Waals surface area contributed by atoms with Gasteiger partial charge in [-0.2, -0.15) is 0 Å². The Balaban J connectivity index is 0.00000231. The average molecular weight is 405 g/mol. The van der Waals surface area contributed by atoms with Gasteiger partial charge in [0, 0.05) is 12.9 Å². The summed E-state index contributed by atoms with van der Waals surface area (Å²) in [6.07, 6.45) is 18.3. The Labute approximate surface area is 181 Å². The van der Waals surface area contributed by atoms with Crippen LogP contribution in [0.3, 0.4) is 0 Å². The second-order valence-corrected chi connectivity index (χ2v) is 9.55. The highest BCUT2D eigenvalue weighted by Gasteiger charge is 2.31. The molecule has 1 nitrogen and oxygen atoms in total. The van der Waals surface area contributed by atoms with Crippen LogP contribution in [-0.2, 0) is 0 Å². The third kappa shape index (κ3) is 3.73. The predicted octanol–water partition coefficient (Wildman–Crippen LogP) is 7.68. The van der Waals surface area contributed by atoms with Crippen LogP contribution in [0, 0.1) is 29.5 Å². The summed E-state index contributed by atoms with van der Waals surface area (Å²) in [4.78, 5) is 0. The molecule has 30 heavy (non-hydrogen) atoms. The highest BCUT2D eigenvalue weighted by molar-refractivity contribution is 5.84. The van der Waals surface area contributed by atoms with Crippen LogP contribution < -0.4 is 4.74 Å². The van der Waals surface area contributed by atoms with E-state index in [1.54, 1.807) is 12.1 Å². The van der Waals surface area contributed by atoms with Crippen LogP contribution in [0.5, 0.6) is 5.75 Å². The minimum atomic E-state index is -0.176. The first-order chi connectivity index (χ1) is 14.6. The molecule has 0 radical (unpaired) electrons. The first kappa shape index (κ1) is 19.6. The molecule has 0 aromatic heterocycles. The average Bonchev–Trinajstić information content (AvgIpc) is 3.16. The van der Waals surface area contributed by atoms with Crippen molar-refractivity contribution in [2.75, 3.05) is 6.61 Å². The largest absolute Gasteiger partial charge is 0.493 e. The van der Waals surface area contributed by atoms with Gasteiger partial charge in [0.2, 0.25) is 0 Å². The van der Waals surface area contributed by atoms with Gasteiger partial charge in [-0.3, -0.25) is 0 Å². The Morgan fingerprint density at radius 2 is 2.00 bits per heavy atom. The number of fused-ring (bicyclic) bond motifs is 4. The minimum Gasteiger partial charge on any atom is -0.493 e. The Bertz CT molecular complexity index is 983. The van der Waals surface area contributed by atoms with Gasteiger partial charge >= 0.3 is 0 Å². The molecule has 3 aliphatic carbocycles. The van der Waals surface area contributed by atoms with Crippen molar-refractivity contribution in [1.29, 1.82) is 0 Å². The fourth-order valence-electron chi connectivity index (χ4n) is 5.73. The molecule has 0 spiro atoms. The number of benzene rings is 1. The van der Waals surface area contributed by atoms with Crippen molar-refractivity contribution in [3.8, 4) is 5.75 Å². The molecule has 1 fully saturated rings. The quantitative estimate of drug-likeness (QED) is 0.436. The zero-order valence-corrected chi connectivity index (χ0v) is 17.9. The summed E-state index contributed by atoms with van der Waals surface area (Å²) in [5.41, 5.74) is 5.56. The van der Waals surface area contributed by atoms with Crippen LogP contribution in [0.15, 0.2) is 71.9 Å². The Morgan fingerprint density at radius 3 is 2.87 bits per heavy atom. The van der Waals surface area contributed by atoms with E-state index in [-0.39, 0.29) is 13.2 Å². The number of halogens is 1. The van der Waals surface area contributed by atoms with E-state index < -0.39 is 0 Å². The van der Waals surface area contributed by atoms with Crippen LogP contribution in [0.25, 0.3) is 5.57 Å². The van der Waals surface area contributed by atoms with Crippen molar-refractivity contribution < 1.29 is 10.6 Å². The van der Waals surface area contributed by atoms with Crippen molar-refractivity contribution in [3.63, 3.8) is 0 Å². The van der Waals surface area contributed by atoms with Gasteiger partial charge in [-0.1, -0.05) is 42.5 Å². The monoisotopic (exact) mass is 404 g/mol. The lowest BCUT2D eigenvalue weighted by Crippen LogP contribution is -2.30. The van der Waals surface area contributed by atoms with Crippen molar-refractivity contribution in [1.82, 2.24) is 0 Å². The van der Waals surface area contributed by atoms with Crippen molar-refractivity contribution in [2.45, 2.75) is 45.4 Å². The van der Waals surface area contributed by atoms with Gasteiger partial charge in [-0.25, -0.2) is 4.39 Å². The zero-order valence-electron chi connectivity index (χ0n) is 17.9. The van der Waals surface area contributed by atoms with Gasteiger partial charge in [0.1, 0.15) is 11.6 Å². The second kappa shape index (κ2) is 8.06. The van der Waals surface area contributed by atoms with E-state index in [1.807, 2.05) is 6.07 Å². The lowest BCUT2D eigenvalue weighted by Gasteiger charge is -2.36. The molecular weight excluding hydrogens is 371 g/mol. The first-order valence-electron chi connectivity index (χ1n) is 11.5. The SMILES string of the molecule is C=C(C)C1CCC2CCCC3=CC4=C(C=CC4C=C3)c3cc(ccc3F)OCC2C1.[HH]. The highest BCUT2D eigenvalue weighted by Crippen LogP contribution is 2.42. The van der Waals surface area contributed by atoms with E-state index in [2.05, 4.69) is 43.9 Å². The van der Waals surface area contributed by atoms with Gasteiger partial charge in [0.05, 0.1) is 6.61 Å². The molecule has 4 atom stereocenters. The Hall–Kier alpha value is -2.35. The molecule has 1 saturated carbocycles. The number of allylic oxidation sites excluding steroid dienone is 9. The number of ether oxygens (including phenoxy) is 1. The molecule has 4 bridgehead atoms. The maximum atomic E-state index is 14.8. The Kier molecular flexibility index (Phi) is 5.26. The predicted molar refractivity (Wildman–Crippen MR) is 124 cm³/mol. The third-order valence-corrected chi connectivity index (χ3v) is 7.57. The van der Waals surface area contributed by atoms with Gasteiger partial charge in [-0.15, -0.1) is 0 Å². The topological polar surface area (TPSA) is 9.23 Å². The van der Waals surface area contributed by atoms with E-state index in [0.717, 1.165) is 24.2 Å². The summed E-state index contributed by atoms with van der Waals surface area (Å²) >= 11 is 0. The lowest BCUT2D eigenvalue weighted by molar-refractivity contribution is 0.120. The van der Waals surface area contributed by atoms with E-state index in [0.29, 0.717) is 29.9 Å². The summed E-state index contributed by atoms with van der Waals surface area (Å²) < 4.78 is 21.1. The van der Waals surface area contributed by atoms with Crippen LogP contribution in [-0.4, -0.2) is 6.61 Å². The summed E-state index contributed by atoms with van der Waals surface area (Å²) in [6, 6.07) is 5.24. The van der Waals surface area contributed by atoms with Crippen molar-refractivity contribution >= 4 is 5.57 Å². The number of rotatable bonds is 1. The number of hydrogen-bond donors (Lipinski definition) is 0. The molecule has 1 aromatic rings. The summed E-state index contributed by atoms with van der Waals surface area (Å²) in [5, 5.41) is 0. The summed E-state index contributed by atoms with van der Waals surface area (Å²) in [6.45, 7) is 7.10. The molecule has 0 amide bonds. The Morgan fingerprint density at radius 1 is 1.13 bits per heavy atom. The molecule has 2 heteroatoms. The van der Waals surface area contributed by atoms with Gasteiger partial charge in [-0.05, 0) is 98.1 Å². The molecule has 158 valence electrons. The fraction of sp³-hybridized carbons (Fsp3) is 0.429. The molecule has 4 aliphatic rings. The van der Waals surface area contributed by atoms with E-state index >= 15 is 0 Å². The smallest absolute Gasteiger partial charge is 0.131 e. The standard InChI is InChI=1S/C28H31FO.H2/c1-18(2)22-9-8-20-5-3-4-19-6-7-21-10-12-25(26(21)14-19)27-16-24(11-13-28(27)29)30-17-23(20)15-22;/h6-7,10-14,16,20-23H,1,3-5,8-9,15,17H2,2H3;1H. The van der Waals surface area contributed by atoms with E-state index in [9.17, 15) is 4.39 Å². The van der Waals surface area contributed by atoms with Gasteiger partial charge < -0.3 is 4.74 Å². The molecule has 1 aliphatic heterocycles. The maximum Gasteiger partial charge on any atom is 0.131 e. The van der Waals surface area contributed by atoms with E-state index in [4.69, 9.17) is 4.74 Å². The maximum absolute atomic E-state index is 14.8. The van der Waals surface area contributed by atoms with Crippen molar-refractivity contribution in [3.05, 3.63) is 83.3 Å². The normalized spacial score (nSPS) is 30.3. The van der Waals surface area contributed by atoms with Crippen LogP contribution in [0.4, 0.5) is 4.39 Å². The van der Waals surface area contributed by atoms with E-state index in [1.165, 1.54) is 42.4 Å². The molecule has 4 unspecified atom stereocenters. The van der Waals surface area contributed by atoms with Crippen molar-refractivity contribution in [2.24, 2.45) is 23.7 Å². The molecule has 5 rings (SSSR count). The fourth-order valence-corrected chi connectivity index (χ4v) is 5.73. The lowest BCUT2D eigenvalue weighted by atomic mass is 9.70. The molecule has 1 heterocycles. The summed E-state index contributed by atoms with van der Waals surface area (Å²) in [7, 11) is 0. The van der Waals surface area contributed by atoms with Gasteiger partial charge in [0.25, 0.3) is 0 Å². The van der Waals surface area contributed by atoms with Crippen LogP contribution in [0.2, 0.25) is 0 Å². The second-order valence-electron chi connectivity index (χ2n) is 9.55. The third-order valence-electron chi connectivity index (χ3n) is 7.57.